The largest absolute Gasteiger partial charge is 0.459 e. The summed E-state index contributed by atoms with van der Waals surface area (Å²) in [4.78, 5) is 27.0. The second-order valence-electron chi connectivity index (χ2n) is 7.48. The van der Waals surface area contributed by atoms with E-state index in [-0.39, 0.29) is 58.7 Å². The molecule has 1 aliphatic heterocycles. The molecular weight excluding hydrogens is 465 g/mol. The third kappa shape index (κ3) is 5.23. The molecule has 31 heavy (non-hydrogen) atoms. The lowest BCUT2D eigenvalue weighted by atomic mass is 10.0. The number of furan rings is 1. The van der Waals surface area contributed by atoms with Crippen molar-refractivity contribution in [3.63, 3.8) is 0 Å². The number of benzene rings is 1. The molecule has 1 aromatic heterocycles. The van der Waals surface area contributed by atoms with Crippen molar-refractivity contribution in [3.05, 3.63) is 52.4 Å². The first kappa shape index (κ1) is 23.6. The van der Waals surface area contributed by atoms with Crippen LogP contribution in [0.25, 0.3) is 0 Å². The standard InChI is InChI=1S/C20H23Cl2N3O5S/c1-13(2)18(23-19(26)17-4-3-11-30-17)20(27)24-7-9-25(10-8-24)31(28,29)14-5-6-15(21)16(22)12-14/h3-6,11-13,18H,7-10H2,1-2H3,(H,23,26). The average Bonchev–Trinajstić information content (AvgIpc) is 3.28. The highest BCUT2D eigenvalue weighted by molar-refractivity contribution is 7.89. The lowest BCUT2D eigenvalue weighted by molar-refractivity contribution is -0.135. The molecule has 2 amide bonds. The first-order valence-electron chi connectivity index (χ1n) is 9.69. The third-order valence-electron chi connectivity index (χ3n) is 5.04. The fourth-order valence-electron chi connectivity index (χ4n) is 3.27. The van der Waals surface area contributed by atoms with E-state index in [9.17, 15) is 18.0 Å². The molecule has 3 rings (SSSR count). The van der Waals surface area contributed by atoms with Gasteiger partial charge in [-0.2, -0.15) is 4.31 Å². The summed E-state index contributed by atoms with van der Waals surface area (Å²) in [6, 6.07) is 6.51. The van der Waals surface area contributed by atoms with Crippen molar-refractivity contribution < 1.29 is 22.4 Å². The summed E-state index contributed by atoms with van der Waals surface area (Å²) in [6.45, 7) is 4.33. The number of hydrogen-bond acceptors (Lipinski definition) is 5. The number of nitrogens with one attached hydrogen (secondary N) is 1. The second kappa shape index (κ2) is 9.60. The van der Waals surface area contributed by atoms with E-state index in [2.05, 4.69) is 5.32 Å². The molecule has 0 bridgehead atoms. The number of carbonyl (C=O) groups excluding carboxylic acids is 2. The molecule has 1 N–H and O–H groups in total. The summed E-state index contributed by atoms with van der Waals surface area (Å²) in [7, 11) is -3.77. The van der Waals surface area contributed by atoms with Crippen molar-refractivity contribution in [2.45, 2.75) is 24.8 Å². The van der Waals surface area contributed by atoms with E-state index in [1.807, 2.05) is 13.8 Å². The van der Waals surface area contributed by atoms with Gasteiger partial charge in [0.25, 0.3) is 5.91 Å². The molecule has 2 heterocycles. The van der Waals surface area contributed by atoms with Crippen molar-refractivity contribution >= 4 is 45.0 Å². The Morgan fingerprint density at radius 1 is 1.06 bits per heavy atom. The van der Waals surface area contributed by atoms with E-state index in [1.165, 1.54) is 34.8 Å². The maximum Gasteiger partial charge on any atom is 0.287 e. The average molecular weight is 488 g/mol. The fraction of sp³-hybridized carbons (Fsp3) is 0.400. The van der Waals surface area contributed by atoms with E-state index in [0.29, 0.717) is 0 Å². The van der Waals surface area contributed by atoms with Gasteiger partial charge in [-0.15, -0.1) is 0 Å². The summed E-state index contributed by atoms with van der Waals surface area (Å²) >= 11 is 11.8. The first-order chi connectivity index (χ1) is 14.6. The SMILES string of the molecule is CC(C)C(NC(=O)c1ccco1)C(=O)N1CCN(S(=O)(=O)c2ccc(Cl)c(Cl)c2)CC1. The zero-order valence-corrected chi connectivity index (χ0v) is 19.4. The van der Waals surface area contributed by atoms with Gasteiger partial charge in [0.15, 0.2) is 5.76 Å². The molecule has 1 aliphatic rings. The van der Waals surface area contributed by atoms with Crippen LogP contribution < -0.4 is 5.32 Å². The molecule has 1 fully saturated rings. The van der Waals surface area contributed by atoms with Crippen LogP contribution in [0.2, 0.25) is 10.0 Å². The van der Waals surface area contributed by atoms with Crippen LogP contribution in [0, 0.1) is 5.92 Å². The van der Waals surface area contributed by atoms with Gasteiger partial charge in [0.2, 0.25) is 15.9 Å². The number of carbonyl (C=O) groups is 2. The van der Waals surface area contributed by atoms with Crippen LogP contribution in [-0.4, -0.2) is 61.7 Å². The molecule has 0 spiro atoms. The van der Waals surface area contributed by atoms with Gasteiger partial charge in [-0.25, -0.2) is 8.42 Å². The monoisotopic (exact) mass is 487 g/mol. The van der Waals surface area contributed by atoms with Gasteiger partial charge < -0.3 is 14.6 Å². The number of halogens is 2. The molecule has 1 aromatic carbocycles. The van der Waals surface area contributed by atoms with Gasteiger partial charge in [-0.1, -0.05) is 37.0 Å². The summed E-state index contributed by atoms with van der Waals surface area (Å²) in [6.07, 6.45) is 1.38. The number of hydrogen-bond donors (Lipinski definition) is 1. The van der Waals surface area contributed by atoms with Crippen LogP contribution in [-0.2, 0) is 14.8 Å². The van der Waals surface area contributed by atoms with Crippen molar-refractivity contribution in [1.82, 2.24) is 14.5 Å². The third-order valence-corrected chi connectivity index (χ3v) is 7.68. The molecule has 1 atom stereocenters. The molecule has 168 valence electrons. The maximum absolute atomic E-state index is 13.0. The summed E-state index contributed by atoms with van der Waals surface area (Å²) in [5.41, 5.74) is 0. The quantitative estimate of drug-likeness (QED) is 0.674. The number of sulfonamides is 1. The Hall–Kier alpha value is -2.07. The van der Waals surface area contributed by atoms with Crippen LogP contribution in [0.15, 0.2) is 45.9 Å². The highest BCUT2D eigenvalue weighted by Crippen LogP contribution is 2.27. The number of nitrogens with zero attached hydrogens (tertiary/aromatic N) is 2. The minimum absolute atomic E-state index is 0.0486. The molecule has 0 aliphatic carbocycles. The van der Waals surface area contributed by atoms with Crippen LogP contribution >= 0.6 is 23.2 Å². The Balaban J connectivity index is 1.66. The normalized spacial score (nSPS) is 16.4. The van der Waals surface area contributed by atoms with Crippen LogP contribution in [0.5, 0.6) is 0 Å². The van der Waals surface area contributed by atoms with Crippen molar-refractivity contribution in [2.24, 2.45) is 5.92 Å². The molecule has 2 aromatic rings. The molecule has 11 heteroatoms. The molecular formula is C20H23Cl2N3O5S. The van der Waals surface area contributed by atoms with E-state index in [4.69, 9.17) is 27.6 Å². The molecule has 1 unspecified atom stereocenters. The Bertz CT molecular complexity index is 1050. The van der Waals surface area contributed by atoms with Crippen LogP contribution in [0.4, 0.5) is 0 Å². The minimum Gasteiger partial charge on any atom is -0.459 e. The number of piperazine rings is 1. The zero-order valence-electron chi connectivity index (χ0n) is 17.0. The highest BCUT2D eigenvalue weighted by atomic mass is 35.5. The molecule has 1 saturated heterocycles. The maximum atomic E-state index is 13.0. The van der Waals surface area contributed by atoms with Gasteiger partial charge >= 0.3 is 0 Å². The lowest BCUT2D eigenvalue weighted by Crippen LogP contribution is -2.57. The van der Waals surface area contributed by atoms with Gasteiger partial charge in [0.05, 0.1) is 21.2 Å². The Morgan fingerprint density at radius 3 is 2.29 bits per heavy atom. The van der Waals surface area contributed by atoms with Gasteiger partial charge in [-0.3, -0.25) is 9.59 Å². The smallest absolute Gasteiger partial charge is 0.287 e. The zero-order chi connectivity index (χ0) is 22.8. The predicted octanol–water partition coefficient (Wildman–Crippen LogP) is 2.87. The van der Waals surface area contributed by atoms with Gasteiger partial charge in [0.1, 0.15) is 6.04 Å². The summed E-state index contributed by atoms with van der Waals surface area (Å²) in [5.74, 6) is -0.778. The lowest BCUT2D eigenvalue weighted by Gasteiger charge is -2.36. The van der Waals surface area contributed by atoms with Crippen molar-refractivity contribution in [1.29, 1.82) is 0 Å². The molecule has 0 radical (unpaired) electrons. The van der Waals surface area contributed by atoms with Crippen LogP contribution in [0.1, 0.15) is 24.4 Å². The van der Waals surface area contributed by atoms with E-state index >= 15 is 0 Å². The predicted molar refractivity (Wildman–Crippen MR) is 117 cm³/mol. The highest BCUT2D eigenvalue weighted by Gasteiger charge is 2.34. The molecule has 0 saturated carbocycles. The van der Waals surface area contributed by atoms with Crippen molar-refractivity contribution in [3.8, 4) is 0 Å². The van der Waals surface area contributed by atoms with E-state index < -0.39 is 22.0 Å². The fourth-order valence-corrected chi connectivity index (χ4v) is 5.08. The Kier molecular flexibility index (Phi) is 7.31. The minimum atomic E-state index is -3.77. The van der Waals surface area contributed by atoms with Crippen molar-refractivity contribution in [2.75, 3.05) is 26.2 Å². The number of amides is 2. The Morgan fingerprint density at radius 2 is 1.74 bits per heavy atom. The van der Waals surface area contributed by atoms with Gasteiger partial charge in [-0.05, 0) is 36.2 Å². The summed E-state index contributed by atoms with van der Waals surface area (Å²) < 4.78 is 32.2. The topological polar surface area (TPSA) is 99.9 Å². The molecule has 8 nitrogen and oxygen atoms in total. The van der Waals surface area contributed by atoms with Crippen LogP contribution in [0.3, 0.4) is 0 Å². The second-order valence-corrected chi connectivity index (χ2v) is 10.2. The van der Waals surface area contributed by atoms with E-state index in [1.54, 1.807) is 11.0 Å². The summed E-state index contributed by atoms with van der Waals surface area (Å²) in [5, 5.41) is 3.14. The van der Waals surface area contributed by atoms with E-state index in [0.717, 1.165) is 0 Å². The van der Waals surface area contributed by atoms with Gasteiger partial charge in [0, 0.05) is 26.2 Å². The number of rotatable bonds is 6. The Labute approximate surface area is 191 Å². The first-order valence-corrected chi connectivity index (χ1v) is 11.9.